The summed E-state index contributed by atoms with van der Waals surface area (Å²) >= 11 is 0. The van der Waals surface area contributed by atoms with Crippen molar-refractivity contribution in [2.24, 2.45) is 0 Å². The molecule has 0 aliphatic rings. The van der Waals surface area contributed by atoms with Gasteiger partial charge < -0.3 is 14.7 Å². The summed E-state index contributed by atoms with van der Waals surface area (Å²) in [5.41, 5.74) is 1.95. The van der Waals surface area contributed by atoms with Crippen molar-refractivity contribution in [1.82, 2.24) is 0 Å². The Hall–Kier alpha value is -2.82. The molecule has 0 saturated heterocycles. The number of benzene rings is 2. The summed E-state index contributed by atoms with van der Waals surface area (Å²) in [6.07, 6.45) is 4.18. The molecule has 0 radical (unpaired) electrons. The molecule has 2 aromatic carbocycles. The van der Waals surface area contributed by atoms with Crippen molar-refractivity contribution < 1.29 is 19.4 Å². The van der Waals surface area contributed by atoms with Gasteiger partial charge in [-0.05, 0) is 44.5 Å². The fourth-order valence-electron chi connectivity index (χ4n) is 3.19. The summed E-state index contributed by atoms with van der Waals surface area (Å²) in [5.74, 6) is -0.713. The maximum Gasteiger partial charge on any atom is 0.338 e. The third-order valence-electron chi connectivity index (χ3n) is 4.97. The predicted octanol–water partition coefficient (Wildman–Crippen LogP) is 5.21. The first-order valence-electron chi connectivity index (χ1n) is 10.4. The number of hydrogen-bond acceptors (Lipinski definition) is 5. The van der Waals surface area contributed by atoms with Gasteiger partial charge in [0.25, 0.3) is 0 Å². The number of esters is 1. The van der Waals surface area contributed by atoms with Crippen LogP contribution in [0.2, 0.25) is 0 Å². The third-order valence-corrected chi connectivity index (χ3v) is 4.97. The van der Waals surface area contributed by atoms with Crippen LogP contribution in [0.4, 0.5) is 5.69 Å². The highest BCUT2D eigenvalue weighted by atomic mass is 16.5. The van der Waals surface area contributed by atoms with E-state index in [4.69, 9.17) is 4.74 Å². The zero-order valence-electron chi connectivity index (χ0n) is 17.6. The minimum Gasteiger partial charge on any atom is -0.507 e. The minimum absolute atomic E-state index is 0.0463. The molecule has 0 heterocycles. The molecule has 0 amide bonds. The van der Waals surface area contributed by atoms with E-state index in [1.165, 1.54) is 0 Å². The van der Waals surface area contributed by atoms with Crippen molar-refractivity contribution in [2.45, 2.75) is 46.5 Å². The van der Waals surface area contributed by atoms with E-state index in [9.17, 15) is 14.7 Å². The van der Waals surface area contributed by atoms with E-state index >= 15 is 0 Å². The first-order valence-corrected chi connectivity index (χ1v) is 10.4. The second-order valence-corrected chi connectivity index (χ2v) is 6.98. The van der Waals surface area contributed by atoms with E-state index in [1.54, 1.807) is 36.4 Å². The van der Waals surface area contributed by atoms with E-state index in [1.807, 2.05) is 19.9 Å². The van der Waals surface area contributed by atoms with Gasteiger partial charge in [0.1, 0.15) is 5.75 Å². The Morgan fingerprint density at radius 2 is 1.55 bits per heavy atom. The molecule has 1 N–H and O–H groups in total. The highest BCUT2D eigenvalue weighted by Crippen LogP contribution is 2.27. The number of hydrogen-bond donors (Lipinski definition) is 1. The molecule has 0 spiro atoms. The SMILES string of the molecule is CCCCCCOC(=O)c1ccc(C(=O)c2ccc(N(CC)CC)cc2O)cc1. The van der Waals surface area contributed by atoms with Crippen molar-refractivity contribution in [2.75, 3.05) is 24.6 Å². The number of carbonyl (C=O) groups is 2. The lowest BCUT2D eigenvalue weighted by atomic mass is 10.0. The van der Waals surface area contributed by atoms with Gasteiger partial charge in [-0.3, -0.25) is 4.79 Å². The fraction of sp³-hybridized carbons (Fsp3) is 0.417. The van der Waals surface area contributed by atoms with Crippen LogP contribution < -0.4 is 4.90 Å². The molecule has 0 aliphatic heterocycles. The van der Waals surface area contributed by atoms with Gasteiger partial charge in [0.2, 0.25) is 0 Å². The molecule has 0 unspecified atom stereocenters. The first-order chi connectivity index (χ1) is 14.0. The van der Waals surface area contributed by atoms with Gasteiger partial charge in [0, 0.05) is 30.4 Å². The number of ether oxygens (including phenoxy) is 1. The standard InChI is InChI=1S/C24H31NO4/c1-4-7-8-9-16-29-24(28)19-12-10-18(11-13-19)23(27)21-15-14-20(17-22(21)26)25(5-2)6-3/h10-15,17,26H,4-9,16H2,1-3H3. The van der Waals surface area contributed by atoms with Crippen LogP contribution in [-0.4, -0.2) is 36.6 Å². The van der Waals surface area contributed by atoms with Crippen molar-refractivity contribution in [3.8, 4) is 5.75 Å². The fourth-order valence-corrected chi connectivity index (χ4v) is 3.19. The van der Waals surface area contributed by atoms with Gasteiger partial charge in [-0.1, -0.05) is 38.3 Å². The Morgan fingerprint density at radius 1 is 0.897 bits per heavy atom. The highest BCUT2D eigenvalue weighted by molar-refractivity contribution is 6.11. The number of phenols is 1. The van der Waals surface area contributed by atoms with Crippen LogP contribution in [0, 0.1) is 0 Å². The van der Waals surface area contributed by atoms with Crippen LogP contribution in [0.5, 0.6) is 5.75 Å². The molecule has 2 aromatic rings. The van der Waals surface area contributed by atoms with Gasteiger partial charge in [-0.2, -0.15) is 0 Å². The summed E-state index contributed by atoms with van der Waals surface area (Å²) in [6, 6.07) is 11.5. The number of aromatic hydroxyl groups is 1. The second kappa shape index (κ2) is 11.2. The van der Waals surface area contributed by atoms with Crippen molar-refractivity contribution in [3.05, 3.63) is 59.2 Å². The lowest BCUT2D eigenvalue weighted by Gasteiger charge is -2.21. The molecule has 0 aromatic heterocycles. The van der Waals surface area contributed by atoms with E-state index < -0.39 is 0 Å². The summed E-state index contributed by atoms with van der Waals surface area (Å²) < 4.78 is 5.27. The van der Waals surface area contributed by atoms with Crippen LogP contribution in [-0.2, 0) is 4.74 Å². The topological polar surface area (TPSA) is 66.8 Å². The average molecular weight is 398 g/mol. The molecular weight excluding hydrogens is 366 g/mol. The summed E-state index contributed by atoms with van der Waals surface area (Å²) in [4.78, 5) is 26.9. The first kappa shape index (κ1) is 22.5. The van der Waals surface area contributed by atoms with Crippen molar-refractivity contribution >= 4 is 17.4 Å². The number of unbranched alkanes of at least 4 members (excludes halogenated alkanes) is 3. The predicted molar refractivity (Wildman–Crippen MR) is 116 cm³/mol. The Kier molecular flexibility index (Phi) is 8.71. The second-order valence-electron chi connectivity index (χ2n) is 6.98. The number of anilines is 1. The van der Waals surface area contributed by atoms with Gasteiger partial charge in [0.05, 0.1) is 17.7 Å². The molecular formula is C24H31NO4. The quantitative estimate of drug-likeness (QED) is 0.320. The molecule has 2 rings (SSSR count). The molecule has 0 saturated carbocycles. The van der Waals surface area contributed by atoms with Crippen LogP contribution in [0.25, 0.3) is 0 Å². The van der Waals surface area contributed by atoms with E-state index in [2.05, 4.69) is 11.8 Å². The Balaban J connectivity index is 2.04. The van der Waals surface area contributed by atoms with Gasteiger partial charge in [-0.15, -0.1) is 0 Å². The Bertz CT molecular complexity index is 810. The number of carbonyl (C=O) groups excluding carboxylic acids is 2. The molecule has 29 heavy (non-hydrogen) atoms. The molecule has 0 fully saturated rings. The van der Waals surface area contributed by atoms with Crippen LogP contribution in [0.3, 0.4) is 0 Å². The maximum atomic E-state index is 12.8. The van der Waals surface area contributed by atoms with E-state index in [0.29, 0.717) is 17.7 Å². The highest BCUT2D eigenvalue weighted by Gasteiger charge is 2.16. The third kappa shape index (κ3) is 6.08. The summed E-state index contributed by atoms with van der Waals surface area (Å²) in [5, 5.41) is 10.3. The Labute approximate surface area is 173 Å². The van der Waals surface area contributed by atoms with E-state index in [0.717, 1.165) is 44.5 Å². The van der Waals surface area contributed by atoms with Crippen LogP contribution >= 0.6 is 0 Å². The number of nitrogens with zero attached hydrogens (tertiary/aromatic N) is 1. The van der Waals surface area contributed by atoms with Crippen LogP contribution in [0.15, 0.2) is 42.5 Å². The number of ketones is 1. The molecule has 0 atom stereocenters. The zero-order valence-corrected chi connectivity index (χ0v) is 17.6. The molecule has 0 aliphatic carbocycles. The molecule has 0 bridgehead atoms. The Morgan fingerprint density at radius 3 is 2.14 bits per heavy atom. The summed E-state index contributed by atoms with van der Waals surface area (Å²) in [6.45, 7) is 8.26. The molecule has 5 nitrogen and oxygen atoms in total. The van der Waals surface area contributed by atoms with Gasteiger partial charge in [-0.25, -0.2) is 4.79 Å². The van der Waals surface area contributed by atoms with Crippen molar-refractivity contribution in [3.63, 3.8) is 0 Å². The van der Waals surface area contributed by atoms with Crippen LogP contribution in [0.1, 0.15) is 72.7 Å². The molecule has 156 valence electrons. The van der Waals surface area contributed by atoms with E-state index in [-0.39, 0.29) is 23.1 Å². The average Bonchev–Trinajstić information content (AvgIpc) is 2.74. The summed E-state index contributed by atoms with van der Waals surface area (Å²) in [7, 11) is 0. The van der Waals surface area contributed by atoms with Crippen molar-refractivity contribution in [1.29, 1.82) is 0 Å². The minimum atomic E-state index is -0.382. The van der Waals surface area contributed by atoms with Gasteiger partial charge >= 0.3 is 5.97 Å². The largest absolute Gasteiger partial charge is 0.507 e. The lowest BCUT2D eigenvalue weighted by molar-refractivity contribution is 0.0497. The number of rotatable bonds is 11. The normalized spacial score (nSPS) is 10.6. The smallest absolute Gasteiger partial charge is 0.338 e. The lowest BCUT2D eigenvalue weighted by Crippen LogP contribution is -2.21. The van der Waals surface area contributed by atoms with Gasteiger partial charge in [0.15, 0.2) is 5.78 Å². The molecule has 5 heteroatoms. The maximum absolute atomic E-state index is 12.8. The zero-order chi connectivity index (χ0) is 21.2. The monoisotopic (exact) mass is 397 g/mol. The number of phenolic OH excluding ortho intramolecular Hbond substituents is 1.